The zero-order valence-electron chi connectivity index (χ0n) is 14.1. The second-order valence-electron chi connectivity index (χ2n) is 5.05. The minimum atomic E-state index is -0.245. The summed E-state index contributed by atoms with van der Waals surface area (Å²) >= 11 is 12.0. The first-order valence-corrected chi connectivity index (χ1v) is 8.67. The molecule has 0 aliphatic rings. The Balaban J connectivity index is 2.05. The van der Waals surface area contributed by atoms with Gasteiger partial charge in [0.15, 0.2) is 0 Å². The van der Waals surface area contributed by atoms with Crippen LogP contribution in [0.25, 0.3) is 0 Å². The first-order chi connectivity index (χ1) is 12.0. The number of anilines is 2. The summed E-state index contributed by atoms with van der Waals surface area (Å²) in [5.74, 6) is 0.998. The molecule has 0 aliphatic carbocycles. The van der Waals surface area contributed by atoms with E-state index >= 15 is 0 Å². The lowest BCUT2D eigenvalue weighted by atomic mass is 10.2. The van der Waals surface area contributed by atoms with Gasteiger partial charge in [-0.05, 0) is 44.2 Å². The number of benzene rings is 2. The number of rotatable bonds is 8. The Hall–Kier alpha value is -2.11. The molecule has 2 rings (SSSR count). The SMILES string of the molecule is CCOc1ccc(OCC)c(NC(=O)CNc2cc(Cl)ccc2Cl)c1. The highest BCUT2D eigenvalue weighted by Crippen LogP contribution is 2.30. The molecule has 0 atom stereocenters. The molecule has 5 nitrogen and oxygen atoms in total. The summed E-state index contributed by atoms with van der Waals surface area (Å²) < 4.78 is 11.0. The van der Waals surface area contributed by atoms with Gasteiger partial charge in [-0.1, -0.05) is 23.2 Å². The van der Waals surface area contributed by atoms with Crippen molar-refractivity contribution in [2.45, 2.75) is 13.8 Å². The molecule has 0 spiro atoms. The average Bonchev–Trinajstić information content (AvgIpc) is 2.58. The Morgan fingerprint density at radius 3 is 2.48 bits per heavy atom. The standard InChI is InChI=1S/C18H20Cl2N2O3/c1-3-24-13-6-8-17(25-4-2)16(10-13)22-18(23)11-21-15-9-12(19)5-7-14(15)20/h5-10,21H,3-4,11H2,1-2H3,(H,22,23). The third-order valence-electron chi connectivity index (χ3n) is 3.20. The summed E-state index contributed by atoms with van der Waals surface area (Å²) in [7, 11) is 0. The number of halogens is 2. The highest BCUT2D eigenvalue weighted by atomic mass is 35.5. The predicted octanol–water partition coefficient (Wildman–Crippen LogP) is 4.84. The summed E-state index contributed by atoms with van der Waals surface area (Å²) in [5, 5.41) is 6.81. The van der Waals surface area contributed by atoms with Gasteiger partial charge >= 0.3 is 0 Å². The lowest BCUT2D eigenvalue weighted by Crippen LogP contribution is -2.22. The van der Waals surface area contributed by atoms with E-state index in [4.69, 9.17) is 32.7 Å². The third kappa shape index (κ3) is 5.73. The van der Waals surface area contributed by atoms with Gasteiger partial charge in [0, 0.05) is 11.1 Å². The largest absolute Gasteiger partial charge is 0.494 e. The molecule has 2 aromatic carbocycles. The summed E-state index contributed by atoms with van der Waals surface area (Å²) in [4.78, 5) is 12.3. The van der Waals surface area contributed by atoms with Crippen LogP contribution in [-0.4, -0.2) is 25.7 Å². The molecular weight excluding hydrogens is 363 g/mol. The molecule has 7 heteroatoms. The van der Waals surface area contributed by atoms with Crippen LogP contribution in [0.4, 0.5) is 11.4 Å². The molecular formula is C18H20Cl2N2O3. The van der Waals surface area contributed by atoms with E-state index in [0.717, 1.165) is 0 Å². The molecule has 0 saturated heterocycles. The molecule has 0 fully saturated rings. The van der Waals surface area contributed by atoms with Crippen LogP contribution in [0.5, 0.6) is 11.5 Å². The van der Waals surface area contributed by atoms with Gasteiger partial charge in [-0.25, -0.2) is 0 Å². The lowest BCUT2D eigenvalue weighted by molar-refractivity contribution is -0.114. The fraction of sp³-hybridized carbons (Fsp3) is 0.278. The Morgan fingerprint density at radius 1 is 1.00 bits per heavy atom. The van der Waals surface area contributed by atoms with Crippen molar-refractivity contribution in [1.82, 2.24) is 0 Å². The van der Waals surface area contributed by atoms with Gasteiger partial charge in [0.2, 0.25) is 5.91 Å². The summed E-state index contributed by atoms with van der Waals surface area (Å²) in [6, 6.07) is 10.3. The van der Waals surface area contributed by atoms with Gasteiger partial charge in [0.05, 0.1) is 36.2 Å². The van der Waals surface area contributed by atoms with Crippen molar-refractivity contribution in [3.8, 4) is 11.5 Å². The van der Waals surface area contributed by atoms with E-state index < -0.39 is 0 Å². The van der Waals surface area contributed by atoms with Crippen molar-refractivity contribution >= 4 is 40.5 Å². The molecule has 1 amide bonds. The lowest BCUT2D eigenvalue weighted by Gasteiger charge is -2.14. The van der Waals surface area contributed by atoms with Crippen molar-refractivity contribution < 1.29 is 14.3 Å². The molecule has 2 N–H and O–H groups in total. The maximum atomic E-state index is 12.3. The number of carbonyl (C=O) groups is 1. The molecule has 0 heterocycles. The zero-order valence-corrected chi connectivity index (χ0v) is 15.6. The van der Waals surface area contributed by atoms with Gasteiger partial charge in [-0.15, -0.1) is 0 Å². The van der Waals surface area contributed by atoms with Crippen LogP contribution in [0.2, 0.25) is 10.0 Å². The van der Waals surface area contributed by atoms with Crippen LogP contribution in [0, 0.1) is 0 Å². The molecule has 25 heavy (non-hydrogen) atoms. The van der Waals surface area contributed by atoms with E-state index in [9.17, 15) is 4.79 Å². The zero-order chi connectivity index (χ0) is 18.2. The van der Waals surface area contributed by atoms with E-state index in [1.807, 2.05) is 13.8 Å². The Bertz CT molecular complexity index is 738. The van der Waals surface area contributed by atoms with E-state index in [2.05, 4.69) is 10.6 Å². The van der Waals surface area contributed by atoms with Crippen LogP contribution >= 0.6 is 23.2 Å². The number of carbonyl (C=O) groups excluding carboxylic acids is 1. The molecule has 0 unspecified atom stereocenters. The number of amides is 1. The maximum Gasteiger partial charge on any atom is 0.243 e. The highest BCUT2D eigenvalue weighted by molar-refractivity contribution is 6.35. The second-order valence-corrected chi connectivity index (χ2v) is 5.89. The third-order valence-corrected chi connectivity index (χ3v) is 3.77. The van der Waals surface area contributed by atoms with E-state index in [1.165, 1.54) is 0 Å². The molecule has 0 radical (unpaired) electrons. The fourth-order valence-corrected chi connectivity index (χ4v) is 2.50. The molecule has 0 saturated carbocycles. The molecule has 134 valence electrons. The fourth-order valence-electron chi connectivity index (χ4n) is 2.15. The monoisotopic (exact) mass is 382 g/mol. The van der Waals surface area contributed by atoms with Crippen molar-refractivity contribution in [2.24, 2.45) is 0 Å². The van der Waals surface area contributed by atoms with Crippen LogP contribution in [0.3, 0.4) is 0 Å². The van der Waals surface area contributed by atoms with E-state index in [-0.39, 0.29) is 12.5 Å². The maximum absolute atomic E-state index is 12.3. The quantitative estimate of drug-likeness (QED) is 0.685. The topological polar surface area (TPSA) is 59.6 Å². The Labute approximate surface area is 157 Å². The Morgan fingerprint density at radius 2 is 1.76 bits per heavy atom. The number of hydrogen-bond acceptors (Lipinski definition) is 4. The van der Waals surface area contributed by atoms with Crippen LogP contribution in [0.1, 0.15) is 13.8 Å². The average molecular weight is 383 g/mol. The van der Waals surface area contributed by atoms with Gasteiger partial charge in [-0.3, -0.25) is 4.79 Å². The highest BCUT2D eigenvalue weighted by Gasteiger charge is 2.10. The smallest absolute Gasteiger partial charge is 0.243 e. The predicted molar refractivity (Wildman–Crippen MR) is 102 cm³/mol. The Kier molecular flexibility index (Phi) is 7.22. The minimum Gasteiger partial charge on any atom is -0.494 e. The number of nitrogens with one attached hydrogen (secondary N) is 2. The van der Waals surface area contributed by atoms with Crippen molar-refractivity contribution in [3.63, 3.8) is 0 Å². The molecule has 2 aromatic rings. The van der Waals surface area contributed by atoms with Gasteiger partial charge in [0.1, 0.15) is 11.5 Å². The summed E-state index contributed by atoms with van der Waals surface area (Å²) in [6.07, 6.45) is 0. The summed E-state index contributed by atoms with van der Waals surface area (Å²) in [5.41, 5.74) is 1.15. The summed E-state index contributed by atoms with van der Waals surface area (Å²) in [6.45, 7) is 4.84. The van der Waals surface area contributed by atoms with Crippen molar-refractivity contribution in [3.05, 3.63) is 46.4 Å². The second kappa shape index (κ2) is 9.39. The van der Waals surface area contributed by atoms with Crippen LogP contribution in [-0.2, 0) is 4.79 Å². The molecule has 0 aromatic heterocycles. The normalized spacial score (nSPS) is 10.2. The number of ether oxygens (including phenoxy) is 2. The number of hydrogen-bond donors (Lipinski definition) is 2. The van der Waals surface area contributed by atoms with Gasteiger partial charge in [-0.2, -0.15) is 0 Å². The van der Waals surface area contributed by atoms with Crippen LogP contribution in [0.15, 0.2) is 36.4 Å². The van der Waals surface area contributed by atoms with Gasteiger partial charge in [0.25, 0.3) is 0 Å². The van der Waals surface area contributed by atoms with Crippen molar-refractivity contribution in [1.29, 1.82) is 0 Å². The first kappa shape index (κ1) is 19.2. The van der Waals surface area contributed by atoms with Crippen LogP contribution < -0.4 is 20.1 Å². The minimum absolute atomic E-state index is 0.0322. The van der Waals surface area contributed by atoms with Crippen molar-refractivity contribution in [2.75, 3.05) is 30.4 Å². The van der Waals surface area contributed by atoms with Gasteiger partial charge < -0.3 is 20.1 Å². The first-order valence-electron chi connectivity index (χ1n) is 7.92. The molecule has 0 aliphatic heterocycles. The molecule has 0 bridgehead atoms. The van der Waals surface area contributed by atoms with E-state index in [0.29, 0.717) is 46.1 Å². The van der Waals surface area contributed by atoms with E-state index in [1.54, 1.807) is 36.4 Å².